The van der Waals surface area contributed by atoms with Gasteiger partial charge in [0.05, 0.1) is 28.1 Å². The van der Waals surface area contributed by atoms with Gasteiger partial charge in [0, 0.05) is 13.1 Å². The van der Waals surface area contributed by atoms with Gasteiger partial charge in [-0.1, -0.05) is 24.3 Å². The second-order valence-corrected chi connectivity index (χ2v) is 6.02. The standard InChI is InChI=1S/C21H19F3N2O3/c1-3-11-26(12-4-2)18-10-9-14(21(22,23)24)13-17(18)25-19(27)15-7-5-6-8-16(15)20(28)29/h3-10,13H,1-2,11-12H2,(H,25,27)(H,28,29). The van der Waals surface area contributed by atoms with Crippen LogP contribution in [0.3, 0.4) is 0 Å². The van der Waals surface area contributed by atoms with Crippen LogP contribution in [0.2, 0.25) is 0 Å². The van der Waals surface area contributed by atoms with Crippen LogP contribution in [0.4, 0.5) is 24.5 Å². The van der Waals surface area contributed by atoms with E-state index in [1.54, 1.807) is 17.1 Å². The van der Waals surface area contributed by atoms with Crippen molar-refractivity contribution < 1.29 is 27.9 Å². The predicted molar refractivity (Wildman–Crippen MR) is 105 cm³/mol. The number of rotatable bonds is 8. The van der Waals surface area contributed by atoms with E-state index in [9.17, 15) is 27.9 Å². The first-order valence-electron chi connectivity index (χ1n) is 8.50. The highest BCUT2D eigenvalue weighted by Crippen LogP contribution is 2.36. The first-order chi connectivity index (χ1) is 13.7. The maximum Gasteiger partial charge on any atom is 0.416 e. The molecule has 0 atom stereocenters. The minimum atomic E-state index is -4.61. The predicted octanol–water partition coefficient (Wildman–Crippen LogP) is 4.83. The summed E-state index contributed by atoms with van der Waals surface area (Å²) < 4.78 is 39.6. The molecule has 2 rings (SSSR count). The third kappa shape index (κ3) is 5.25. The smallest absolute Gasteiger partial charge is 0.416 e. The van der Waals surface area contributed by atoms with Crippen LogP contribution in [0.1, 0.15) is 26.3 Å². The summed E-state index contributed by atoms with van der Waals surface area (Å²) in [5, 5.41) is 11.7. The van der Waals surface area contributed by atoms with Gasteiger partial charge >= 0.3 is 12.1 Å². The van der Waals surface area contributed by atoms with Gasteiger partial charge in [0.25, 0.3) is 5.91 Å². The Balaban J connectivity index is 2.53. The molecule has 0 fully saturated rings. The molecular weight excluding hydrogens is 385 g/mol. The van der Waals surface area contributed by atoms with Gasteiger partial charge in [-0.15, -0.1) is 13.2 Å². The summed E-state index contributed by atoms with van der Waals surface area (Å²) in [7, 11) is 0. The zero-order valence-electron chi connectivity index (χ0n) is 15.4. The Hall–Kier alpha value is -3.55. The molecule has 0 spiro atoms. The summed E-state index contributed by atoms with van der Waals surface area (Å²) in [5.74, 6) is -2.15. The van der Waals surface area contributed by atoms with E-state index in [0.29, 0.717) is 18.8 Å². The molecule has 1 amide bonds. The number of carbonyl (C=O) groups is 2. The summed E-state index contributed by atoms with van der Waals surface area (Å²) in [6, 6.07) is 8.42. The summed E-state index contributed by atoms with van der Waals surface area (Å²) in [5.41, 5.74) is -1.15. The molecule has 0 unspecified atom stereocenters. The van der Waals surface area contributed by atoms with E-state index in [2.05, 4.69) is 18.5 Å². The number of carbonyl (C=O) groups excluding carboxylic acids is 1. The van der Waals surface area contributed by atoms with Crippen molar-refractivity contribution in [2.75, 3.05) is 23.3 Å². The molecule has 2 aromatic rings. The number of hydrogen-bond acceptors (Lipinski definition) is 3. The minimum Gasteiger partial charge on any atom is -0.478 e. The minimum absolute atomic E-state index is 0.103. The SMILES string of the molecule is C=CCN(CC=C)c1ccc(C(F)(F)F)cc1NC(=O)c1ccccc1C(=O)O. The number of nitrogens with one attached hydrogen (secondary N) is 1. The van der Waals surface area contributed by atoms with Crippen LogP contribution in [0.5, 0.6) is 0 Å². The van der Waals surface area contributed by atoms with Crippen LogP contribution in [0.25, 0.3) is 0 Å². The lowest BCUT2D eigenvalue weighted by Gasteiger charge is -2.25. The van der Waals surface area contributed by atoms with Crippen molar-refractivity contribution in [3.8, 4) is 0 Å². The molecule has 0 aliphatic heterocycles. The van der Waals surface area contributed by atoms with Gasteiger partial charge in [0.15, 0.2) is 0 Å². The van der Waals surface area contributed by atoms with E-state index in [1.165, 1.54) is 30.3 Å². The first-order valence-corrected chi connectivity index (χ1v) is 8.50. The van der Waals surface area contributed by atoms with Crippen molar-refractivity contribution in [2.24, 2.45) is 0 Å². The van der Waals surface area contributed by atoms with Crippen molar-refractivity contribution in [1.29, 1.82) is 0 Å². The summed E-state index contributed by atoms with van der Waals surface area (Å²) in [6.07, 6.45) is -1.49. The van der Waals surface area contributed by atoms with Gasteiger partial charge in [0.1, 0.15) is 0 Å². The number of halogens is 3. The summed E-state index contributed by atoms with van der Waals surface area (Å²) >= 11 is 0. The van der Waals surface area contributed by atoms with Crippen LogP contribution in [-0.4, -0.2) is 30.1 Å². The molecular formula is C21H19F3N2O3. The van der Waals surface area contributed by atoms with Crippen molar-refractivity contribution in [3.05, 3.63) is 84.5 Å². The van der Waals surface area contributed by atoms with Crippen LogP contribution < -0.4 is 10.2 Å². The fraction of sp³-hybridized carbons (Fsp3) is 0.143. The Labute approximate surface area is 165 Å². The van der Waals surface area contributed by atoms with Crippen molar-refractivity contribution in [1.82, 2.24) is 0 Å². The van der Waals surface area contributed by atoms with Crippen molar-refractivity contribution in [2.45, 2.75) is 6.18 Å². The average molecular weight is 404 g/mol. The van der Waals surface area contributed by atoms with Crippen LogP contribution in [0, 0.1) is 0 Å². The molecule has 0 aliphatic rings. The van der Waals surface area contributed by atoms with E-state index in [1.807, 2.05) is 0 Å². The Morgan fingerprint density at radius 3 is 2.14 bits per heavy atom. The number of aromatic carboxylic acids is 1. The normalized spacial score (nSPS) is 10.9. The third-order valence-corrected chi connectivity index (χ3v) is 4.01. The van der Waals surface area contributed by atoms with Crippen molar-refractivity contribution in [3.63, 3.8) is 0 Å². The molecule has 8 heteroatoms. The second-order valence-electron chi connectivity index (χ2n) is 6.02. The number of carboxylic acid groups (broad SMARTS) is 1. The molecule has 0 bridgehead atoms. The zero-order chi connectivity index (χ0) is 21.6. The highest BCUT2D eigenvalue weighted by molar-refractivity contribution is 6.11. The Bertz CT molecular complexity index is 929. The molecule has 2 N–H and O–H groups in total. The summed E-state index contributed by atoms with van der Waals surface area (Å²) in [4.78, 5) is 25.7. The van der Waals surface area contributed by atoms with E-state index in [0.717, 1.165) is 12.1 Å². The van der Waals surface area contributed by atoms with Gasteiger partial charge in [-0.05, 0) is 30.3 Å². The highest BCUT2D eigenvalue weighted by Gasteiger charge is 2.32. The number of hydrogen-bond donors (Lipinski definition) is 2. The van der Waals surface area contributed by atoms with Crippen LogP contribution in [-0.2, 0) is 6.18 Å². The maximum atomic E-state index is 13.2. The number of anilines is 2. The van der Waals surface area contributed by atoms with E-state index in [-0.39, 0.29) is 16.8 Å². The number of nitrogens with zero attached hydrogens (tertiary/aromatic N) is 1. The largest absolute Gasteiger partial charge is 0.478 e. The van der Waals surface area contributed by atoms with Crippen LogP contribution in [0.15, 0.2) is 67.8 Å². The molecule has 152 valence electrons. The molecule has 5 nitrogen and oxygen atoms in total. The molecule has 29 heavy (non-hydrogen) atoms. The first kappa shape index (κ1) is 21.7. The van der Waals surface area contributed by atoms with Gasteiger partial charge in [-0.25, -0.2) is 4.79 Å². The van der Waals surface area contributed by atoms with E-state index < -0.39 is 23.6 Å². The molecule has 0 aromatic heterocycles. The molecule has 0 radical (unpaired) electrons. The van der Waals surface area contributed by atoms with Gasteiger partial charge in [-0.2, -0.15) is 13.2 Å². The highest BCUT2D eigenvalue weighted by atomic mass is 19.4. The fourth-order valence-electron chi connectivity index (χ4n) is 2.73. The fourth-order valence-corrected chi connectivity index (χ4v) is 2.73. The van der Waals surface area contributed by atoms with E-state index >= 15 is 0 Å². The van der Waals surface area contributed by atoms with Crippen LogP contribution >= 0.6 is 0 Å². The van der Waals surface area contributed by atoms with E-state index in [4.69, 9.17) is 0 Å². The molecule has 2 aromatic carbocycles. The number of benzene rings is 2. The quantitative estimate of drug-likeness (QED) is 0.618. The Morgan fingerprint density at radius 1 is 1.03 bits per heavy atom. The molecule has 0 aliphatic carbocycles. The Kier molecular flexibility index (Phi) is 6.82. The third-order valence-electron chi connectivity index (χ3n) is 4.01. The van der Waals surface area contributed by atoms with Gasteiger partial charge in [0.2, 0.25) is 0 Å². The van der Waals surface area contributed by atoms with Crippen molar-refractivity contribution >= 4 is 23.3 Å². The number of carboxylic acids is 1. The molecule has 0 heterocycles. The lowest BCUT2D eigenvalue weighted by atomic mass is 10.1. The van der Waals surface area contributed by atoms with Gasteiger partial charge < -0.3 is 15.3 Å². The monoisotopic (exact) mass is 404 g/mol. The molecule has 0 saturated carbocycles. The topological polar surface area (TPSA) is 69.6 Å². The Morgan fingerprint density at radius 2 is 1.62 bits per heavy atom. The lowest BCUT2D eigenvalue weighted by Crippen LogP contribution is -2.26. The maximum absolute atomic E-state index is 13.2. The number of alkyl halides is 3. The average Bonchev–Trinajstić information content (AvgIpc) is 2.67. The zero-order valence-corrected chi connectivity index (χ0v) is 15.4. The molecule has 0 saturated heterocycles. The summed E-state index contributed by atoms with van der Waals surface area (Å²) in [6.45, 7) is 7.85. The number of amides is 1. The lowest BCUT2D eigenvalue weighted by molar-refractivity contribution is -0.137. The van der Waals surface area contributed by atoms with Gasteiger partial charge in [-0.3, -0.25) is 4.79 Å². The second kappa shape index (κ2) is 9.09.